The van der Waals surface area contributed by atoms with E-state index in [2.05, 4.69) is 15.2 Å². The van der Waals surface area contributed by atoms with Gasteiger partial charge < -0.3 is 5.32 Å². The second-order valence-corrected chi connectivity index (χ2v) is 7.41. The molecule has 1 aromatic carbocycles. The third kappa shape index (κ3) is 3.42. The van der Waals surface area contributed by atoms with Crippen LogP contribution in [0.3, 0.4) is 0 Å². The molecule has 1 aromatic heterocycles. The third-order valence-corrected chi connectivity index (χ3v) is 5.59. The van der Waals surface area contributed by atoms with Gasteiger partial charge >= 0.3 is 0 Å². The standard InChI is InChI=1S/C18H20Cl2N4/c19-15-2-1-12(7-16(15)20)10-24-6-4-17-14(11-24)9-22-18(23-17)13-3-5-21-8-13/h1-2,7,9,13,21H,3-6,8,10-11H2/t13-/m1/s1. The topological polar surface area (TPSA) is 41.1 Å². The number of halogens is 2. The zero-order valence-corrected chi connectivity index (χ0v) is 14.9. The van der Waals surface area contributed by atoms with Crippen LogP contribution in [0, 0.1) is 0 Å². The molecular formula is C18H20Cl2N4. The van der Waals surface area contributed by atoms with E-state index >= 15 is 0 Å². The molecule has 0 unspecified atom stereocenters. The second kappa shape index (κ2) is 6.96. The molecule has 0 aliphatic carbocycles. The molecule has 126 valence electrons. The van der Waals surface area contributed by atoms with Gasteiger partial charge in [-0.15, -0.1) is 0 Å². The highest BCUT2D eigenvalue weighted by Gasteiger charge is 2.23. The molecule has 1 N–H and O–H groups in total. The fourth-order valence-corrected chi connectivity index (χ4v) is 3.81. The summed E-state index contributed by atoms with van der Waals surface area (Å²) in [5.74, 6) is 1.49. The lowest BCUT2D eigenvalue weighted by Crippen LogP contribution is -2.31. The predicted molar refractivity (Wildman–Crippen MR) is 96.5 cm³/mol. The molecule has 2 aromatic rings. The predicted octanol–water partition coefficient (Wildman–Crippen LogP) is 3.42. The molecule has 0 spiro atoms. The highest BCUT2D eigenvalue weighted by molar-refractivity contribution is 6.42. The summed E-state index contributed by atoms with van der Waals surface area (Å²) in [5.41, 5.74) is 3.65. The minimum atomic E-state index is 0.476. The van der Waals surface area contributed by atoms with E-state index in [1.54, 1.807) is 0 Å². The van der Waals surface area contributed by atoms with Gasteiger partial charge in [-0.1, -0.05) is 29.3 Å². The smallest absolute Gasteiger partial charge is 0.132 e. The number of rotatable bonds is 3. The molecule has 1 fully saturated rings. The minimum Gasteiger partial charge on any atom is -0.316 e. The number of aromatic nitrogens is 2. The van der Waals surface area contributed by atoms with Crippen LogP contribution >= 0.6 is 23.2 Å². The van der Waals surface area contributed by atoms with Gasteiger partial charge in [-0.25, -0.2) is 9.97 Å². The van der Waals surface area contributed by atoms with Crippen LogP contribution in [0.5, 0.6) is 0 Å². The maximum atomic E-state index is 6.12. The average molecular weight is 363 g/mol. The summed E-state index contributed by atoms with van der Waals surface area (Å²) in [4.78, 5) is 11.9. The van der Waals surface area contributed by atoms with Gasteiger partial charge in [0.1, 0.15) is 5.82 Å². The molecule has 0 bridgehead atoms. The Kier molecular flexibility index (Phi) is 4.72. The lowest BCUT2D eigenvalue weighted by atomic mass is 10.0. The van der Waals surface area contributed by atoms with Gasteiger partial charge in [0.15, 0.2) is 0 Å². The van der Waals surface area contributed by atoms with E-state index in [0.29, 0.717) is 16.0 Å². The van der Waals surface area contributed by atoms with Gasteiger partial charge in [0, 0.05) is 56.0 Å². The molecule has 1 atom stereocenters. The van der Waals surface area contributed by atoms with Crippen molar-refractivity contribution in [3.63, 3.8) is 0 Å². The number of nitrogens with zero attached hydrogens (tertiary/aromatic N) is 3. The Morgan fingerprint density at radius 1 is 1.25 bits per heavy atom. The first-order valence-electron chi connectivity index (χ1n) is 8.41. The van der Waals surface area contributed by atoms with Crippen LogP contribution < -0.4 is 5.32 Å². The Balaban J connectivity index is 1.46. The van der Waals surface area contributed by atoms with E-state index < -0.39 is 0 Å². The molecule has 6 heteroatoms. The van der Waals surface area contributed by atoms with E-state index in [1.807, 2.05) is 24.4 Å². The van der Waals surface area contributed by atoms with Crippen LogP contribution in [0.2, 0.25) is 10.0 Å². The molecule has 0 amide bonds. The summed E-state index contributed by atoms with van der Waals surface area (Å²) in [6.07, 6.45) is 4.14. The van der Waals surface area contributed by atoms with E-state index in [1.165, 1.54) is 16.8 Å². The first-order chi connectivity index (χ1) is 11.7. The van der Waals surface area contributed by atoms with Crippen molar-refractivity contribution in [1.29, 1.82) is 0 Å². The highest BCUT2D eigenvalue weighted by Crippen LogP contribution is 2.26. The van der Waals surface area contributed by atoms with Gasteiger partial charge in [-0.3, -0.25) is 4.90 Å². The lowest BCUT2D eigenvalue weighted by Gasteiger charge is -2.28. The Bertz CT molecular complexity index is 744. The average Bonchev–Trinajstić information content (AvgIpc) is 3.12. The van der Waals surface area contributed by atoms with Crippen LogP contribution in [0.25, 0.3) is 0 Å². The molecule has 0 saturated carbocycles. The molecule has 4 nitrogen and oxygen atoms in total. The monoisotopic (exact) mass is 362 g/mol. The first-order valence-corrected chi connectivity index (χ1v) is 9.16. The van der Waals surface area contributed by atoms with Crippen LogP contribution in [0.15, 0.2) is 24.4 Å². The molecule has 0 radical (unpaired) electrons. The van der Waals surface area contributed by atoms with Crippen molar-refractivity contribution >= 4 is 23.2 Å². The lowest BCUT2D eigenvalue weighted by molar-refractivity contribution is 0.242. The van der Waals surface area contributed by atoms with Crippen LogP contribution in [0.1, 0.15) is 35.0 Å². The molecular weight excluding hydrogens is 343 g/mol. The van der Waals surface area contributed by atoms with Crippen molar-refractivity contribution in [2.45, 2.75) is 31.8 Å². The fourth-order valence-electron chi connectivity index (χ4n) is 3.49. The van der Waals surface area contributed by atoms with Crippen molar-refractivity contribution in [3.05, 3.63) is 57.1 Å². The third-order valence-electron chi connectivity index (χ3n) is 4.85. The molecule has 4 rings (SSSR count). The maximum Gasteiger partial charge on any atom is 0.132 e. The summed E-state index contributed by atoms with van der Waals surface area (Å²) in [6, 6.07) is 5.85. The van der Waals surface area contributed by atoms with Gasteiger partial charge in [0.05, 0.1) is 10.0 Å². The van der Waals surface area contributed by atoms with Crippen molar-refractivity contribution < 1.29 is 0 Å². The fraction of sp³-hybridized carbons (Fsp3) is 0.444. The summed E-state index contributed by atoms with van der Waals surface area (Å²) in [6.45, 7) is 4.83. The first kappa shape index (κ1) is 16.3. The summed E-state index contributed by atoms with van der Waals surface area (Å²) in [5, 5.41) is 4.60. The number of fused-ring (bicyclic) bond motifs is 1. The van der Waals surface area contributed by atoms with E-state index in [0.717, 1.165) is 51.4 Å². The normalized spacial score (nSPS) is 21.0. The molecule has 3 heterocycles. The van der Waals surface area contributed by atoms with Gasteiger partial charge in [0.2, 0.25) is 0 Å². The van der Waals surface area contributed by atoms with Crippen LogP contribution in [-0.2, 0) is 19.5 Å². The van der Waals surface area contributed by atoms with Crippen molar-refractivity contribution in [3.8, 4) is 0 Å². The number of nitrogens with one attached hydrogen (secondary N) is 1. The molecule has 2 aliphatic rings. The number of hydrogen-bond donors (Lipinski definition) is 1. The second-order valence-electron chi connectivity index (χ2n) is 6.60. The highest BCUT2D eigenvalue weighted by atomic mass is 35.5. The van der Waals surface area contributed by atoms with Crippen molar-refractivity contribution in [2.75, 3.05) is 19.6 Å². The Morgan fingerprint density at radius 2 is 2.17 bits per heavy atom. The SMILES string of the molecule is Clc1ccc(CN2CCc3nc([C@@H]4CCNC4)ncc3C2)cc1Cl. The molecule has 2 aliphatic heterocycles. The van der Waals surface area contributed by atoms with Crippen LogP contribution in [0.4, 0.5) is 0 Å². The summed E-state index contributed by atoms with van der Waals surface area (Å²) in [7, 11) is 0. The summed E-state index contributed by atoms with van der Waals surface area (Å²) >= 11 is 12.1. The van der Waals surface area contributed by atoms with E-state index in [4.69, 9.17) is 28.2 Å². The maximum absolute atomic E-state index is 6.12. The molecule has 1 saturated heterocycles. The van der Waals surface area contributed by atoms with Crippen molar-refractivity contribution in [2.24, 2.45) is 0 Å². The van der Waals surface area contributed by atoms with E-state index in [-0.39, 0.29) is 0 Å². The zero-order chi connectivity index (χ0) is 16.5. The zero-order valence-electron chi connectivity index (χ0n) is 13.4. The van der Waals surface area contributed by atoms with Gasteiger partial charge in [-0.05, 0) is 30.7 Å². The minimum absolute atomic E-state index is 0.476. The van der Waals surface area contributed by atoms with Crippen LogP contribution in [-0.4, -0.2) is 34.5 Å². The largest absolute Gasteiger partial charge is 0.316 e. The van der Waals surface area contributed by atoms with Gasteiger partial charge in [-0.2, -0.15) is 0 Å². The number of benzene rings is 1. The molecule has 24 heavy (non-hydrogen) atoms. The van der Waals surface area contributed by atoms with Crippen molar-refractivity contribution in [1.82, 2.24) is 20.2 Å². The number of hydrogen-bond acceptors (Lipinski definition) is 4. The van der Waals surface area contributed by atoms with Gasteiger partial charge in [0.25, 0.3) is 0 Å². The Labute approximate surface area is 152 Å². The quantitative estimate of drug-likeness (QED) is 0.907. The Morgan fingerprint density at radius 3 is 2.96 bits per heavy atom. The van der Waals surface area contributed by atoms with E-state index in [9.17, 15) is 0 Å². The Hall–Kier alpha value is -1.20. The summed E-state index contributed by atoms with van der Waals surface area (Å²) < 4.78 is 0.